The molecule has 0 radical (unpaired) electrons. The van der Waals surface area contributed by atoms with Crippen LogP contribution in [0.4, 0.5) is 0 Å². The molecule has 3 saturated heterocycles. The van der Waals surface area contributed by atoms with Gasteiger partial charge in [-0.2, -0.15) is 0 Å². The first-order valence-corrected chi connectivity index (χ1v) is 10.6. The van der Waals surface area contributed by atoms with Crippen LogP contribution in [0.5, 0.6) is 0 Å². The lowest BCUT2D eigenvalue weighted by Gasteiger charge is -2.45. The van der Waals surface area contributed by atoms with E-state index in [4.69, 9.17) is 23.7 Å². The Morgan fingerprint density at radius 1 is 0.500 bits per heavy atom. The average molecular weight is 504 g/mol. The molecule has 0 amide bonds. The Bertz CT molecular complexity index is 637. The zero-order valence-electron chi connectivity index (χ0n) is 17.7. The highest BCUT2D eigenvalue weighted by molar-refractivity contribution is 4.94. The molecule has 0 aromatic carbocycles. The van der Waals surface area contributed by atoms with Crippen molar-refractivity contribution in [2.75, 3.05) is 19.8 Å². The molecule has 0 saturated carbocycles. The van der Waals surface area contributed by atoms with Crippen molar-refractivity contribution in [1.82, 2.24) is 0 Å². The van der Waals surface area contributed by atoms with E-state index >= 15 is 0 Å². The fourth-order valence-electron chi connectivity index (χ4n) is 3.94. The highest BCUT2D eigenvalue weighted by atomic mass is 16.7. The molecule has 15 atom stereocenters. The van der Waals surface area contributed by atoms with Gasteiger partial charge >= 0.3 is 0 Å². The first kappa shape index (κ1) is 27.9. The lowest BCUT2D eigenvalue weighted by Crippen LogP contribution is -2.65. The van der Waals surface area contributed by atoms with Crippen molar-refractivity contribution < 1.29 is 79.9 Å². The summed E-state index contributed by atoms with van der Waals surface area (Å²) < 4.78 is 26.1. The SMILES string of the molecule is OC[C@H]1O[C@H](OC[C@H]2OC(O)[C@H](O)[C@@H](O[C@H]3O[C@H](CO)[C@@H](O)[C@H](O)[C@@H]3O)[C@@H]2O)[C@@H](O)[C@@H](O)[C@@H]1O. The van der Waals surface area contributed by atoms with E-state index in [0.717, 1.165) is 0 Å². The number of aliphatic hydroxyl groups excluding tert-OH is 11. The second-order valence-corrected chi connectivity index (χ2v) is 8.37. The fourth-order valence-corrected chi connectivity index (χ4v) is 3.94. The summed E-state index contributed by atoms with van der Waals surface area (Å²) in [5.74, 6) is 0. The van der Waals surface area contributed by atoms with Gasteiger partial charge in [0, 0.05) is 0 Å². The van der Waals surface area contributed by atoms with E-state index in [0.29, 0.717) is 0 Å². The maximum absolute atomic E-state index is 10.6. The predicted octanol–water partition coefficient (Wildman–Crippen LogP) is -7.57. The number of rotatable bonds is 7. The van der Waals surface area contributed by atoms with E-state index in [1.165, 1.54) is 0 Å². The van der Waals surface area contributed by atoms with Crippen LogP contribution in [0, 0.1) is 0 Å². The Morgan fingerprint density at radius 2 is 1.00 bits per heavy atom. The van der Waals surface area contributed by atoms with Crippen molar-refractivity contribution in [2.45, 2.75) is 92.1 Å². The van der Waals surface area contributed by atoms with Gasteiger partial charge in [-0.3, -0.25) is 0 Å². The minimum atomic E-state index is -1.93. The molecule has 3 heterocycles. The average Bonchev–Trinajstić information content (AvgIpc) is 2.82. The maximum Gasteiger partial charge on any atom is 0.187 e. The number of hydrogen-bond acceptors (Lipinski definition) is 16. The predicted molar refractivity (Wildman–Crippen MR) is 101 cm³/mol. The van der Waals surface area contributed by atoms with Gasteiger partial charge in [0.25, 0.3) is 0 Å². The molecule has 1 unspecified atom stereocenters. The molecule has 11 N–H and O–H groups in total. The van der Waals surface area contributed by atoms with Crippen molar-refractivity contribution in [1.29, 1.82) is 0 Å². The number of ether oxygens (including phenoxy) is 5. The summed E-state index contributed by atoms with van der Waals surface area (Å²) in [7, 11) is 0. The Kier molecular flexibility index (Phi) is 9.54. The van der Waals surface area contributed by atoms with Gasteiger partial charge in [0.05, 0.1) is 19.8 Å². The van der Waals surface area contributed by atoms with Crippen LogP contribution in [-0.4, -0.2) is 168 Å². The Hall–Kier alpha value is -0.640. The van der Waals surface area contributed by atoms with Crippen molar-refractivity contribution >= 4 is 0 Å². The molecule has 0 spiro atoms. The molecule has 0 aromatic rings. The normalized spacial score (nSPS) is 52.5. The van der Waals surface area contributed by atoms with Crippen LogP contribution < -0.4 is 0 Å². The quantitative estimate of drug-likeness (QED) is 0.154. The van der Waals surface area contributed by atoms with Crippen LogP contribution in [0.3, 0.4) is 0 Å². The number of aliphatic hydroxyl groups is 11. The molecular weight excluding hydrogens is 472 g/mol. The lowest BCUT2D eigenvalue weighted by atomic mass is 9.97. The van der Waals surface area contributed by atoms with E-state index in [2.05, 4.69) is 0 Å². The summed E-state index contributed by atoms with van der Waals surface area (Å²) in [6, 6.07) is 0. The van der Waals surface area contributed by atoms with Crippen molar-refractivity contribution in [3.63, 3.8) is 0 Å². The van der Waals surface area contributed by atoms with Gasteiger partial charge in [0.1, 0.15) is 73.2 Å². The highest BCUT2D eigenvalue weighted by Gasteiger charge is 2.51. The monoisotopic (exact) mass is 504 g/mol. The first-order valence-electron chi connectivity index (χ1n) is 10.6. The minimum absolute atomic E-state index is 0.609. The summed E-state index contributed by atoms with van der Waals surface area (Å²) in [6.07, 6.45) is -24.9. The van der Waals surface area contributed by atoms with E-state index in [1.54, 1.807) is 0 Å². The zero-order chi connectivity index (χ0) is 25.3. The van der Waals surface area contributed by atoms with Gasteiger partial charge in [0.2, 0.25) is 0 Å². The van der Waals surface area contributed by atoms with Gasteiger partial charge in [-0.25, -0.2) is 0 Å². The van der Waals surface area contributed by atoms with Crippen molar-refractivity contribution in [2.24, 2.45) is 0 Å². The third kappa shape index (κ3) is 5.52. The molecule has 16 nitrogen and oxygen atoms in total. The third-order valence-corrected chi connectivity index (χ3v) is 6.07. The first-order chi connectivity index (χ1) is 16.0. The van der Waals surface area contributed by atoms with Crippen LogP contribution in [0.2, 0.25) is 0 Å². The Balaban J connectivity index is 1.65. The molecule has 3 aliphatic rings. The molecule has 3 fully saturated rings. The van der Waals surface area contributed by atoms with Crippen LogP contribution in [-0.2, 0) is 23.7 Å². The molecule has 3 aliphatic heterocycles. The van der Waals surface area contributed by atoms with Gasteiger partial charge in [-0.15, -0.1) is 0 Å². The summed E-state index contributed by atoms with van der Waals surface area (Å²) in [6.45, 7) is -2.06. The smallest absolute Gasteiger partial charge is 0.187 e. The molecule has 34 heavy (non-hydrogen) atoms. The standard InChI is InChI=1S/C18H32O16/c19-1-4-7(21)10(24)12(26)17(32-4)30-3-6-9(23)15(14(28)16(29)31-6)34-18-13(27)11(25)8(22)5(2-20)33-18/h4-29H,1-3H2/t4-,5-,6-,7-,8-,9-,10+,11+,12+,13+,14-,15+,16?,17+,18-/m1/s1. The van der Waals surface area contributed by atoms with E-state index in [1.807, 2.05) is 0 Å². The fraction of sp³-hybridized carbons (Fsp3) is 1.00. The topological polar surface area (TPSA) is 269 Å². The largest absolute Gasteiger partial charge is 0.394 e. The van der Waals surface area contributed by atoms with E-state index in [9.17, 15) is 56.2 Å². The van der Waals surface area contributed by atoms with Gasteiger partial charge in [0.15, 0.2) is 18.9 Å². The van der Waals surface area contributed by atoms with Crippen LogP contribution in [0.15, 0.2) is 0 Å². The second-order valence-electron chi connectivity index (χ2n) is 8.37. The molecule has 16 heteroatoms. The molecular formula is C18H32O16. The maximum atomic E-state index is 10.6. The molecule has 0 aromatic heterocycles. The highest BCUT2D eigenvalue weighted by Crippen LogP contribution is 2.29. The van der Waals surface area contributed by atoms with E-state index < -0.39 is 112 Å². The third-order valence-electron chi connectivity index (χ3n) is 6.07. The van der Waals surface area contributed by atoms with Gasteiger partial charge in [-0.1, -0.05) is 0 Å². The molecule has 3 rings (SSSR count). The summed E-state index contributed by atoms with van der Waals surface area (Å²) in [5.41, 5.74) is 0. The van der Waals surface area contributed by atoms with Crippen LogP contribution in [0.25, 0.3) is 0 Å². The summed E-state index contributed by atoms with van der Waals surface area (Å²) >= 11 is 0. The summed E-state index contributed by atoms with van der Waals surface area (Å²) in [4.78, 5) is 0. The Labute approximate surface area is 192 Å². The van der Waals surface area contributed by atoms with Crippen molar-refractivity contribution in [3.8, 4) is 0 Å². The van der Waals surface area contributed by atoms with Crippen LogP contribution >= 0.6 is 0 Å². The second kappa shape index (κ2) is 11.6. The molecule has 0 aliphatic carbocycles. The van der Waals surface area contributed by atoms with Crippen LogP contribution in [0.1, 0.15) is 0 Å². The van der Waals surface area contributed by atoms with Gasteiger partial charge in [-0.05, 0) is 0 Å². The van der Waals surface area contributed by atoms with Crippen molar-refractivity contribution in [3.05, 3.63) is 0 Å². The summed E-state index contributed by atoms with van der Waals surface area (Å²) in [5, 5.41) is 109. The zero-order valence-corrected chi connectivity index (χ0v) is 17.7. The minimum Gasteiger partial charge on any atom is -0.394 e. The molecule has 200 valence electrons. The van der Waals surface area contributed by atoms with Gasteiger partial charge < -0.3 is 79.9 Å². The number of hydrogen-bond donors (Lipinski definition) is 11. The molecule has 0 bridgehead atoms. The van der Waals surface area contributed by atoms with E-state index in [-0.39, 0.29) is 0 Å². The lowest BCUT2D eigenvalue weighted by molar-refractivity contribution is -0.361. The Morgan fingerprint density at radius 3 is 1.53 bits per heavy atom.